The predicted octanol–water partition coefficient (Wildman–Crippen LogP) is 6.77. The lowest BCUT2D eigenvalue weighted by Gasteiger charge is -2.13. The van der Waals surface area contributed by atoms with Gasteiger partial charge in [0.2, 0.25) is 0 Å². The van der Waals surface area contributed by atoms with Crippen LogP contribution in [-0.2, 0) is 13.2 Å². The molecule has 0 spiro atoms. The molecule has 1 N–H and O–H groups in total. The number of hydrogen-bond acceptors (Lipinski definition) is 5. The van der Waals surface area contributed by atoms with Crippen LogP contribution in [0.5, 0.6) is 17.2 Å². The third-order valence-corrected chi connectivity index (χ3v) is 5.94. The monoisotopic (exact) mass is 558 g/mol. The maximum atomic E-state index is 12.7. The Morgan fingerprint density at radius 2 is 1.41 bits per heavy atom. The first-order chi connectivity index (χ1) is 18.1. The van der Waals surface area contributed by atoms with Gasteiger partial charge in [-0.2, -0.15) is 5.10 Å². The molecule has 0 fully saturated rings. The minimum atomic E-state index is -0.353. The maximum absolute atomic E-state index is 12.7. The summed E-state index contributed by atoms with van der Waals surface area (Å²) in [5.74, 6) is 1.45. The number of ether oxygens (including phenoxy) is 3. The molecule has 37 heavy (non-hydrogen) atoms. The molecule has 0 heterocycles. The molecule has 4 aromatic rings. The third-order valence-electron chi connectivity index (χ3n) is 5.32. The van der Waals surface area contributed by atoms with Crippen LogP contribution in [0.25, 0.3) is 0 Å². The Morgan fingerprint density at radius 1 is 0.784 bits per heavy atom. The number of nitrogens with one attached hydrogen (secondary N) is 1. The van der Waals surface area contributed by atoms with Crippen molar-refractivity contribution < 1.29 is 19.0 Å². The normalized spacial score (nSPS) is 10.8. The Hall–Kier alpha value is -4.10. The first-order valence-electron chi connectivity index (χ1n) is 11.9. The highest BCUT2D eigenvalue weighted by Crippen LogP contribution is 2.29. The van der Waals surface area contributed by atoms with Crippen molar-refractivity contribution in [2.24, 2.45) is 5.10 Å². The molecule has 0 radical (unpaired) electrons. The van der Waals surface area contributed by atoms with Crippen LogP contribution in [0.1, 0.15) is 34.0 Å². The number of hydrazone groups is 1. The molecule has 6 nitrogen and oxygen atoms in total. The van der Waals surface area contributed by atoms with Crippen molar-refractivity contribution in [2.45, 2.75) is 20.1 Å². The predicted molar refractivity (Wildman–Crippen MR) is 148 cm³/mol. The second-order valence-corrected chi connectivity index (χ2v) is 8.89. The molecule has 0 aliphatic heterocycles. The molecule has 0 aliphatic rings. The number of benzene rings is 4. The SMILES string of the molecule is CCOc1cc(C(=O)N/N=C/c2ccc(OCc3ccccc3)c(Br)c2)ccc1OCc1ccccc1. The van der Waals surface area contributed by atoms with Gasteiger partial charge in [0.1, 0.15) is 19.0 Å². The van der Waals surface area contributed by atoms with Crippen LogP contribution in [0, 0.1) is 0 Å². The number of halogens is 1. The highest BCUT2D eigenvalue weighted by atomic mass is 79.9. The first kappa shape index (κ1) is 26.0. The molecule has 188 valence electrons. The van der Waals surface area contributed by atoms with Crippen LogP contribution in [0.3, 0.4) is 0 Å². The summed E-state index contributed by atoms with van der Waals surface area (Å²) in [5.41, 5.74) is 5.92. The van der Waals surface area contributed by atoms with Crippen molar-refractivity contribution in [1.29, 1.82) is 0 Å². The molecular weight excluding hydrogens is 532 g/mol. The minimum Gasteiger partial charge on any atom is -0.490 e. The molecule has 1 amide bonds. The molecular formula is C30H27BrN2O4. The van der Waals surface area contributed by atoms with Crippen LogP contribution < -0.4 is 19.6 Å². The van der Waals surface area contributed by atoms with Crippen molar-refractivity contribution >= 4 is 28.1 Å². The zero-order valence-corrected chi connectivity index (χ0v) is 22.0. The Morgan fingerprint density at radius 3 is 2.03 bits per heavy atom. The molecule has 0 unspecified atom stereocenters. The Balaban J connectivity index is 1.34. The standard InChI is InChI=1S/C30H27BrN2O4/c1-2-35-29-18-25(14-16-28(29)37-21-23-11-7-4-8-12-23)30(34)33-32-19-24-13-15-27(26(31)17-24)36-20-22-9-5-3-6-10-22/h3-19H,2,20-21H2,1H3,(H,33,34)/b32-19+. The summed E-state index contributed by atoms with van der Waals surface area (Å²) < 4.78 is 18.3. The third kappa shape index (κ3) is 7.69. The summed E-state index contributed by atoms with van der Waals surface area (Å²) in [6.45, 7) is 3.21. The van der Waals surface area contributed by atoms with Gasteiger partial charge in [-0.25, -0.2) is 5.43 Å². The number of amides is 1. The van der Waals surface area contributed by atoms with E-state index < -0.39 is 0 Å². The number of rotatable bonds is 11. The molecule has 0 saturated carbocycles. The smallest absolute Gasteiger partial charge is 0.271 e. The van der Waals surface area contributed by atoms with E-state index in [1.165, 1.54) is 0 Å². The quantitative estimate of drug-likeness (QED) is 0.163. The summed E-state index contributed by atoms with van der Waals surface area (Å²) in [4.78, 5) is 12.7. The highest BCUT2D eigenvalue weighted by molar-refractivity contribution is 9.10. The molecule has 0 bridgehead atoms. The van der Waals surface area contributed by atoms with Crippen molar-refractivity contribution in [3.63, 3.8) is 0 Å². The van der Waals surface area contributed by atoms with E-state index in [1.54, 1.807) is 24.4 Å². The number of nitrogens with zero attached hydrogens (tertiary/aromatic N) is 1. The Labute approximate surface area is 225 Å². The van der Waals surface area contributed by atoms with E-state index in [2.05, 4.69) is 26.5 Å². The Kier molecular flexibility index (Phi) is 9.32. The first-order valence-corrected chi connectivity index (χ1v) is 12.6. The van der Waals surface area contributed by atoms with E-state index in [-0.39, 0.29) is 5.91 Å². The largest absolute Gasteiger partial charge is 0.490 e. The van der Waals surface area contributed by atoms with E-state index >= 15 is 0 Å². The van der Waals surface area contributed by atoms with Crippen LogP contribution in [0.4, 0.5) is 0 Å². The van der Waals surface area contributed by atoms with Crippen molar-refractivity contribution in [3.05, 3.63) is 124 Å². The van der Waals surface area contributed by atoms with E-state index in [9.17, 15) is 4.79 Å². The average molecular weight is 559 g/mol. The van der Waals surface area contributed by atoms with Crippen LogP contribution in [0.15, 0.2) is 107 Å². The average Bonchev–Trinajstić information content (AvgIpc) is 2.93. The van der Waals surface area contributed by atoms with Gasteiger partial charge in [0.05, 0.1) is 17.3 Å². The van der Waals surface area contributed by atoms with Gasteiger partial charge in [0.25, 0.3) is 5.91 Å². The lowest BCUT2D eigenvalue weighted by molar-refractivity contribution is 0.0954. The lowest BCUT2D eigenvalue weighted by atomic mass is 10.2. The van der Waals surface area contributed by atoms with Gasteiger partial charge in [-0.05, 0) is 75.9 Å². The summed E-state index contributed by atoms with van der Waals surface area (Å²) in [6.07, 6.45) is 1.57. The van der Waals surface area contributed by atoms with Gasteiger partial charge >= 0.3 is 0 Å². The van der Waals surface area contributed by atoms with Crippen LogP contribution in [-0.4, -0.2) is 18.7 Å². The summed E-state index contributed by atoms with van der Waals surface area (Å²) in [7, 11) is 0. The van der Waals surface area contributed by atoms with Crippen molar-refractivity contribution in [1.82, 2.24) is 5.43 Å². The molecule has 7 heteroatoms. The topological polar surface area (TPSA) is 69.2 Å². The highest BCUT2D eigenvalue weighted by Gasteiger charge is 2.12. The summed E-state index contributed by atoms with van der Waals surface area (Å²) >= 11 is 3.54. The van der Waals surface area contributed by atoms with Crippen molar-refractivity contribution in [2.75, 3.05) is 6.61 Å². The molecule has 0 aromatic heterocycles. The van der Waals surface area contributed by atoms with Gasteiger partial charge in [-0.3, -0.25) is 4.79 Å². The van der Waals surface area contributed by atoms with E-state index in [1.807, 2.05) is 85.8 Å². The fourth-order valence-corrected chi connectivity index (χ4v) is 3.96. The molecule has 4 rings (SSSR count). The van der Waals surface area contributed by atoms with E-state index in [0.717, 1.165) is 26.9 Å². The van der Waals surface area contributed by atoms with E-state index in [0.29, 0.717) is 36.9 Å². The summed E-state index contributed by atoms with van der Waals surface area (Å²) in [6, 6.07) is 30.5. The zero-order valence-electron chi connectivity index (χ0n) is 20.4. The van der Waals surface area contributed by atoms with Gasteiger partial charge < -0.3 is 14.2 Å². The summed E-state index contributed by atoms with van der Waals surface area (Å²) in [5, 5.41) is 4.10. The van der Waals surface area contributed by atoms with Gasteiger partial charge in [0, 0.05) is 5.56 Å². The number of carbonyl (C=O) groups is 1. The van der Waals surface area contributed by atoms with E-state index in [4.69, 9.17) is 14.2 Å². The second kappa shape index (κ2) is 13.3. The molecule has 0 aliphatic carbocycles. The van der Waals surface area contributed by atoms with Gasteiger partial charge in [-0.1, -0.05) is 60.7 Å². The fraction of sp³-hybridized carbons (Fsp3) is 0.133. The Bertz CT molecular complexity index is 1340. The number of hydrogen-bond donors (Lipinski definition) is 1. The maximum Gasteiger partial charge on any atom is 0.271 e. The molecule has 0 atom stereocenters. The number of carbonyl (C=O) groups excluding carboxylic acids is 1. The fourth-order valence-electron chi connectivity index (χ4n) is 3.45. The zero-order chi connectivity index (χ0) is 25.9. The molecule has 4 aromatic carbocycles. The lowest BCUT2D eigenvalue weighted by Crippen LogP contribution is -2.17. The van der Waals surface area contributed by atoms with Gasteiger partial charge in [0.15, 0.2) is 11.5 Å². The minimum absolute atomic E-state index is 0.353. The van der Waals surface area contributed by atoms with Gasteiger partial charge in [-0.15, -0.1) is 0 Å². The molecule has 0 saturated heterocycles. The van der Waals surface area contributed by atoms with Crippen molar-refractivity contribution in [3.8, 4) is 17.2 Å². The second-order valence-electron chi connectivity index (χ2n) is 8.03. The van der Waals surface area contributed by atoms with Crippen LogP contribution >= 0.6 is 15.9 Å². The van der Waals surface area contributed by atoms with Crippen LogP contribution in [0.2, 0.25) is 0 Å².